The number of hydrogen-bond acceptors (Lipinski definition) is 0. The van der Waals surface area contributed by atoms with E-state index in [2.05, 4.69) is 41.5 Å². The molecule has 0 fully saturated rings. The van der Waals surface area contributed by atoms with Crippen molar-refractivity contribution in [1.82, 2.24) is 0 Å². The third kappa shape index (κ3) is 6.45. The van der Waals surface area contributed by atoms with Crippen LogP contribution >= 0.6 is 0 Å². The van der Waals surface area contributed by atoms with Crippen molar-refractivity contribution < 1.29 is 0 Å². The third-order valence-corrected chi connectivity index (χ3v) is 3.46. The Morgan fingerprint density at radius 1 is 0.857 bits per heavy atom. The summed E-state index contributed by atoms with van der Waals surface area (Å²) in [6, 6.07) is 0. The highest BCUT2D eigenvalue weighted by molar-refractivity contribution is 4.67. The first-order chi connectivity index (χ1) is 6.47. The van der Waals surface area contributed by atoms with Crippen LogP contribution in [0.2, 0.25) is 0 Å². The molecule has 0 saturated heterocycles. The first kappa shape index (κ1) is 14.0. The van der Waals surface area contributed by atoms with E-state index in [-0.39, 0.29) is 0 Å². The highest BCUT2D eigenvalue weighted by atomic mass is 14.2. The minimum atomic E-state index is 0.864. The van der Waals surface area contributed by atoms with E-state index in [1.54, 1.807) is 0 Å². The van der Waals surface area contributed by atoms with Crippen LogP contribution in [-0.2, 0) is 0 Å². The standard InChI is InChI=1S/C14H30/c1-7-13(6)10-14(12(4)5)9-8-11(2)3/h11-14H,7-10H2,1-6H3. The summed E-state index contributed by atoms with van der Waals surface area (Å²) in [5, 5.41) is 0. The summed E-state index contributed by atoms with van der Waals surface area (Å²) in [6.07, 6.45) is 5.60. The summed E-state index contributed by atoms with van der Waals surface area (Å²) in [5.41, 5.74) is 0. The largest absolute Gasteiger partial charge is 0.0651 e. The van der Waals surface area contributed by atoms with Crippen molar-refractivity contribution in [1.29, 1.82) is 0 Å². The van der Waals surface area contributed by atoms with Crippen molar-refractivity contribution in [2.45, 2.75) is 67.2 Å². The molecular formula is C14H30. The van der Waals surface area contributed by atoms with Gasteiger partial charge in [0.15, 0.2) is 0 Å². The van der Waals surface area contributed by atoms with Crippen molar-refractivity contribution in [3.05, 3.63) is 0 Å². The lowest BCUT2D eigenvalue weighted by atomic mass is 9.82. The molecule has 14 heavy (non-hydrogen) atoms. The van der Waals surface area contributed by atoms with Crippen LogP contribution in [0.3, 0.4) is 0 Å². The first-order valence-electron chi connectivity index (χ1n) is 6.47. The van der Waals surface area contributed by atoms with Gasteiger partial charge in [-0.2, -0.15) is 0 Å². The molecule has 0 saturated carbocycles. The number of hydrogen-bond donors (Lipinski definition) is 0. The molecule has 0 nitrogen and oxygen atoms in total. The Balaban J connectivity index is 3.90. The van der Waals surface area contributed by atoms with Crippen molar-refractivity contribution >= 4 is 0 Å². The average molecular weight is 198 g/mol. The van der Waals surface area contributed by atoms with Gasteiger partial charge in [-0.05, 0) is 36.5 Å². The molecule has 0 N–H and O–H groups in total. The van der Waals surface area contributed by atoms with E-state index in [4.69, 9.17) is 0 Å². The summed E-state index contributed by atoms with van der Waals surface area (Å²) >= 11 is 0. The molecule has 0 aliphatic rings. The van der Waals surface area contributed by atoms with Gasteiger partial charge in [0, 0.05) is 0 Å². The Morgan fingerprint density at radius 3 is 1.79 bits per heavy atom. The van der Waals surface area contributed by atoms with Crippen molar-refractivity contribution in [2.75, 3.05) is 0 Å². The molecule has 0 heteroatoms. The van der Waals surface area contributed by atoms with E-state index in [0.717, 1.165) is 23.7 Å². The van der Waals surface area contributed by atoms with E-state index >= 15 is 0 Å². The molecule has 2 unspecified atom stereocenters. The Morgan fingerprint density at radius 2 is 1.43 bits per heavy atom. The predicted octanol–water partition coefficient (Wildman–Crippen LogP) is 5.13. The molecule has 0 aromatic carbocycles. The highest BCUT2D eigenvalue weighted by Gasteiger charge is 2.16. The van der Waals surface area contributed by atoms with Crippen LogP contribution in [0.5, 0.6) is 0 Å². The Kier molecular flexibility index (Phi) is 7.31. The van der Waals surface area contributed by atoms with E-state index in [1.165, 1.54) is 25.7 Å². The zero-order chi connectivity index (χ0) is 11.1. The Labute approximate surface area is 91.5 Å². The molecule has 0 aliphatic heterocycles. The van der Waals surface area contributed by atoms with Gasteiger partial charge in [0.05, 0.1) is 0 Å². The first-order valence-corrected chi connectivity index (χ1v) is 6.47. The lowest BCUT2D eigenvalue weighted by Gasteiger charge is -2.24. The third-order valence-electron chi connectivity index (χ3n) is 3.46. The van der Waals surface area contributed by atoms with Gasteiger partial charge in [0.1, 0.15) is 0 Å². The fourth-order valence-electron chi connectivity index (χ4n) is 1.95. The maximum atomic E-state index is 2.39. The van der Waals surface area contributed by atoms with Crippen molar-refractivity contribution in [3.63, 3.8) is 0 Å². The van der Waals surface area contributed by atoms with Gasteiger partial charge >= 0.3 is 0 Å². The molecule has 0 heterocycles. The molecule has 0 bridgehead atoms. The zero-order valence-corrected chi connectivity index (χ0v) is 11.1. The molecule has 2 atom stereocenters. The average Bonchev–Trinajstić information content (AvgIpc) is 2.10. The molecule has 0 rings (SSSR count). The monoisotopic (exact) mass is 198 g/mol. The van der Waals surface area contributed by atoms with Crippen molar-refractivity contribution in [3.8, 4) is 0 Å². The fourth-order valence-corrected chi connectivity index (χ4v) is 1.95. The molecule has 0 spiro atoms. The van der Waals surface area contributed by atoms with Crippen LogP contribution in [0.15, 0.2) is 0 Å². The second-order valence-corrected chi connectivity index (χ2v) is 5.72. The zero-order valence-electron chi connectivity index (χ0n) is 11.1. The van der Waals surface area contributed by atoms with Gasteiger partial charge in [-0.3, -0.25) is 0 Å². The summed E-state index contributed by atoms with van der Waals surface area (Å²) in [4.78, 5) is 0. The Bertz CT molecular complexity index is 124. The van der Waals surface area contributed by atoms with Gasteiger partial charge in [0.2, 0.25) is 0 Å². The van der Waals surface area contributed by atoms with Crippen LogP contribution in [-0.4, -0.2) is 0 Å². The van der Waals surface area contributed by atoms with E-state index < -0.39 is 0 Å². The predicted molar refractivity (Wildman–Crippen MR) is 66.5 cm³/mol. The quantitative estimate of drug-likeness (QED) is 0.532. The number of rotatable bonds is 7. The lowest BCUT2D eigenvalue weighted by Crippen LogP contribution is -2.13. The van der Waals surface area contributed by atoms with Crippen LogP contribution < -0.4 is 0 Å². The van der Waals surface area contributed by atoms with Gasteiger partial charge in [-0.1, -0.05) is 54.4 Å². The molecule has 86 valence electrons. The van der Waals surface area contributed by atoms with Crippen LogP contribution in [0.4, 0.5) is 0 Å². The minimum absolute atomic E-state index is 0.864. The highest BCUT2D eigenvalue weighted by Crippen LogP contribution is 2.27. The summed E-state index contributed by atoms with van der Waals surface area (Å²) in [7, 11) is 0. The maximum absolute atomic E-state index is 2.39. The summed E-state index contributed by atoms with van der Waals surface area (Å²) in [5.74, 6) is 3.60. The van der Waals surface area contributed by atoms with E-state index in [0.29, 0.717) is 0 Å². The molecular weight excluding hydrogens is 168 g/mol. The van der Waals surface area contributed by atoms with Gasteiger partial charge in [-0.25, -0.2) is 0 Å². The smallest absolute Gasteiger partial charge is 0.0388 e. The second kappa shape index (κ2) is 7.31. The van der Waals surface area contributed by atoms with Gasteiger partial charge < -0.3 is 0 Å². The lowest BCUT2D eigenvalue weighted by molar-refractivity contribution is 0.269. The van der Waals surface area contributed by atoms with Crippen LogP contribution in [0.25, 0.3) is 0 Å². The van der Waals surface area contributed by atoms with Gasteiger partial charge in [0.25, 0.3) is 0 Å². The van der Waals surface area contributed by atoms with Crippen LogP contribution in [0, 0.1) is 23.7 Å². The second-order valence-electron chi connectivity index (χ2n) is 5.72. The van der Waals surface area contributed by atoms with E-state index in [1.807, 2.05) is 0 Å². The maximum Gasteiger partial charge on any atom is -0.0388 e. The molecule has 0 radical (unpaired) electrons. The summed E-state index contributed by atoms with van der Waals surface area (Å²) in [6.45, 7) is 14.1. The van der Waals surface area contributed by atoms with Crippen molar-refractivity contribution in [2.24, 2.45) is 23.7 Å². The molecule has 0 aromatic rings. The minimum Gasteiger partial charge on any atom is -0.0651 e. The summed E-state index contributed by atoms with van der Waals surface area (Å²) < 4.78 is 0. The molecule has 0 aliphatic carbocycles. The molecule has 0 aromatic heterocycles. The SMILES string of the molecule is CCC(C)CC(CCC(C)C)C(C)C. The Hall–Kier alpha value is 0. The molecule has 0 amide bonds. The normalized spacial score (nSPS) is 16.3. The topological polar surface area (TPSA) is 0 Å². The fraction of sp³-hybridized carbons (Fsp3) is 1.00. The van der Waals surface area contributed by atoms with Crippen LogP contribution in [0.1, 0.15) is 67.2 Å². The van der Waals surface area contributed by atoms with E-state index in [9.17, 15) is 0 Å². The van der Waals surface area contributed by atoms with Gasteiger partial charge in [-0.15, -0.1) is 0 Å².